The van der Waals surface area contributed by atoms with E-state index in [2.05, 4.69) is 0 Å². The fraction of sp³-hybridized carbons (Fsp3) is 0.103. The molecule has 36 heavy (non-hydrogen) atoms. The van der Waals surface area contributed by atoms with E-state index >= 15 is 0 Å². The van der Waals surface area contributed by atoms with Gasteiger partial charge in [-0.05, 0) is 31.2 Å². The number of fused-ring (bicyclic) bond motifs is 3. The Balaban J connectivity index is 1.60. The van der Waals surface area contributed by atoms with Crippen molar-refractivity contribution < 1.29 is 9.90 Å². The van der Waals surface area contributed by atoms with Crippen molar-refractivity contribution in [2.24, 2.45) is 0 Å². The van der Waals surface area contributed by atoms with Gasteiger partial charge in [-0.3, -0.25) is 14.6 Å². The lowest BCUT2D eigenvalue weighted by Gasteiger charge is -2.12. The van der Waals surface area contributed by atoms with Gasteiger partial charge in [-0.15, -0.1) is 0 Å². The van der Waals surface area contributed by atoms with Crippen molar-refractivity contribution in [2.75, 3.05) is 0 Å². The Bertz CT molecular complexity index is 1870. The van der Waals surface area contributed by atoms with E-state index in [1.165, 1.54) is 4.68 Å². The summed E-state index contributed by atoms with van der Waals surface area (Å²) in [5.74, 6) is -0.921. The average Bonchev–Trinajstić information content (AvgIpc) is 3.16. The first-order chi connectivity index (χ1) is 17.5. The number of carbonyl (C=O) groups is 1. The predicted octanol–water partition coefficient (Wildman–Crippen LogP) is 5.01. The Kier molecular flexibility index (Phi) is 5.11. The van der Waals surface area contributed by atoms with Crippen molar-refractivity contribution in [2.45, 2.75) is 20.0 Å². The van der Waals surface area contributed by atoms with E-state index in [9.17, 15) is 14.7 Å². The summed E-state index contributed by atoms with van der Waals surface area (Å²) in [6.07, 6.45) is 0. The highest BCUT2D eigenvalue weighted by atomic mass is 16.4. The van der Waals surface area contributed by atoms with Crippen molar-refractivity contribution in [1.29, 1.82) is 0 Å². The average molecular weight is 475 g/mol. The zero-order chi connectivity index (χ0) is 24.8. The van der Waals surface area contributed by atoms with Crippen molar-refractivity contribution in [3.8, 4) is 11.3 Å². The van der Waals surface area contributed by atoms with Gasteiger partial charge in [-0.2, -0.15) is 5.10 Å². The van der Waals surface area contributed by atoms with Crippen LogP contribution in [-0.2, 0) is 17.9 Å². The van der Waals surface area contributed by atoms with Gasteiger partial charge in [-0.25, -0.2) is 4.68 Å². The topological polar surface area (TPSA) is 90.0 Å². The first-order valence-corrected chi connectivity index (χ1v) is 11.7. The monoisotopic (exact) mass is 474 g/mol. The minimum Gasteiger partial charge on any atom is -0.480 e. The van der Waals surface area contributed by atoms with Gasteiger partial charge in [0.1, 0.15) is 12.2 Å². The highest BCUT2D eigenvalue weighted by Crippen LogP contribution is 2.36. The Morgan fingerprint density at radius 1 is 0.861 bits per heavy atom. The quantitative estimate of drug-likeness (QED) is 0.379. The van der Waals surface area contributed by atoms with Crippen LogP contribution in [0.3, 0.4) is 0 Å². The lowest BCUT2D eigenvalue weighted by Crippen LogP contribution is -2.25. The molecular weight excluding hydrogens is 452 g/mol. The van der Waals surface area contributed by atoms with Crippen LogP contribution >= 0.6 is 0 Å². The molecule has 0 saturated heterocycles. The van der Waals surface area contributed by atoms with Crippen LogP contribution in [0.5, 0.6) is 0 Å². The van der Waals surface area contributed by atoms with E-state index in [1.807, 2.05) is 85.8 Å². The Labute approximate surface area is 205 Å². The predicted molar refractivity (Wildman–Crippen MR) is 140 cm³/mol. The second-order valence-electron chi connectivity index (χ2n) is 8.81. The molecule has 3 aromatic carbocycles. The van der Waals surface area contributed by atoms with Crippen molar-refractivity contribution in [3.63, 3.8) is 0 Å². The molecule has 3 aromatic heterocycles. The summed E-state index contributed by atoms with van der Waals surface area (Å²) in [4.78, 5) is 29.8. The third-order valence-corrected chi connectivity index (χ3v) is 6.60. The molecule has 0 radical (unpaired) electrons. The number of carboxylic acid groups (broad SMARTS) is 1. The number of aliphatic carboxylic acids is 1. The third kappa shape index (κ3) is 3.53. The summed E-state index contributed by atoms with van der Waals surface area (Å²) in [5.41, 5.74) is 4.45. The highest BCUT2D eigenvalue weighted by molar-refractivity contribution is 6.05. The summed E-state index contributed by atoms with van der Waals surface area (Å²) >= 11 is 0. The maximum atomic E-state index is 13.5. The van der Waals surface area contributed by atoms with Gasteiger partial charge in [0.25, 0.3) is 5.56 Å². The molecular formula is C29H22N4O3. The van der Waals surface area contributed by atoms with Crippen molar-refractivity contribution in [3.05, 3.63) is 107 Å². The molecule has 6 rings (SSSR count). The number of pyridine rings is 1. The van der Waals surface area contributed by atoms with Crippen LogP contribution in [-0.4, -0.2) is 30.4 Å². The third-order valence-electron chi connectivity index (χ3n) is 6.60. The van der Waals surface area contributed by atoms with Gasteiger partial charge in [0, 0.05) is 32.9 Å². The van der Waals surface area contributed by atoms with Gasteiger partial charge in [0.2, 0.25) is 0 Å². The zero-order valence-electron chi connectivity index (χ0n) is 19.5. The zero-order valence-corrected chi connectivity index (χ0v) is 19.5. The van der Waals surface area contributed by atoms with Gasteiger partial charge >= 0.3 is 5.97 Å². The fourth-order valence-corrected chi connectivity index (χ4v) is 4.95. The molecule has 0 unspecified atom stereocenters. The fourth-order valence-electron chi connectivity index (χ4n) is 4.95. The Morgan fingerprint density at radius 3 is 2.36 bits per heavy atom. The molecule has 0 aliphatic rings. The van der Waals surface area contributed by atoms with Crippen LogP contribution in [0.4, 0.5) is 0 Å². The maximum Gasteiger partial charge on any atom is 0.323 e. The lowest BCUT2D eigenvalue weighted by atomic mass is 10.0. The largest absolute Gasteiger partial charge is 0.480 e. The van der Waals surface area contributed by atoms with Crippen LogP contribution < -0.4 is 5.56 Å². The molecule has 1 N–H and O–H groups in total. The van der Waals surface area contributed by atoms with Gasteiger partial charge in [-0.1, -0.05) is 60.7 Å². The van der Waals surface area contributed by atoms with Crippen LogP contribution in [0.25, 0.3) is 43.8 Å². The molecule has 0 bridgehead atoms. The molecule has 176 valence electrons. The van der Waals surface area contributed by atoms with E-state index in [1.54, 1.807) is 10.6 Å². The number of nitrogens with zero attached hydrogens (tertiary/aromatic N) is 4. The number of carboxylic acids is 1. The molecule has 7 heteroatoms. The molecule has 0 atom stereocenters. The second-order valence-corrected chi connectivity index (χ2v) is 8.81. The van der Waals surface area contributed by atoms with Gasteiger partial charge < -0.3 is 9.67 Å². The molecule has 6 aromatic rings. The standard InChI is InChI=1S/C29H22N4O3/c1-18-27(23-11-5-7-13-25(23)32(18)17-26(34)35)28-21-9-3-4-10-22(21)29(36)33(31-28)16-20-15-14-19-8-2-6-12-24(19)30-20/h2-15H,16-17H2,1H3,(H,34,35). The van der Waals surface area contributed by atoms with E-state index in [0.29, 0.717) is 11.1 Å². The van der Waals surface area contributed by atoms with E-state index < -0.39 is 5.97 Å². The minimum atomic E-state index is -0.921. The summed E-state index contributed by atoms with van der Waals surface area (Å²) in [7, 11) is 0. The Hall–Kier alpha value is -4.78. The molecule has 0 spiro atoms. The maximum absolute atomic E-state index is 13.5. The number of benzene rings is 3. The van der Waals surface area contributed by atoms with Crippen LogP contribution in [0.1, 0.15) is 11.4 Å². The first kappa shape index (κ1) is 21.7. The molecule has 0 amide bonds. The second kappa shape index (κ2) is 8.46. The number of hydrogen-bond donors (Lipinski definition) is 1. The number of hydrogen-bond acceptors (Lipinski definition) is 4. The summed E-state index contributed by atoms with van der Waals surface area (Å²) in [6.45, 7) is 1.95. The van der Waals surface area contributed by atoms with Crippen molar-refractivity contribution in [1.82, 2.24) is 19.3 Å². The summed E-state index contributed by atoms with van der Waals surface area (Å²) in [6, 6.07) is 26.9. The van der Waals surface area contributed by atoms with E-state index in [4.69, 9.17) is 10.1 Å². The molecule has 0 saturated carbocycles. The minimum absolute atomic E-state index is 0.162. The SMILES string of the molecule is Cc1c(-c2nn(Cc3ccc4ccccc4n3)c(=O)c3ccccc23)c2ccccc2n1CC(=O)O. The van der Waals surface area contributed by atoms with Gasteiger partial charge in [0.05, 0.1) is 23.1 Å². The molecule has 0 fully saturated rings. The highest BCUT2D eigenvalue weighted by Gasteiger charge is 2.21. The van der Waals surface area contributed by atoms with Crippen LogP contribution in [0.2, 0.25) is 0 Å². The van der Waals surface area contributed by atoms with E-state index in [-0.39, 0.29) is 18.6 Å². The summed E-state index contributed by atoms with van der Waals surface area (Å²) < 4.78 is 3.24. The number of para-hydroxylation sites is 2. The first-order valence-electron chi connectivity index (χ1n) is 11.7. The number of aromatic nitrogens is 4. The molecule has 0 aliphatic heterocycles. The van der Waals surface area contributed by atoms with Crippen LogP contribution in [0, 0.1) is 6.92 Å². The molecule has 0 aliphatic carbocycles. The number of rotatable bonds is 5. The Morgan fingerprint density at radius 2 is 1.56 bits per heavy atom. The van der Waals surface area contributed by atoms with E-state index in [0.717, 1.165) is 44.1 Å². The molecule has 7 nitrogen and oxygen atoms in total. The normalized spacial score (nSPS) is 11.5. The lowest BCUT2D eigenvalue weighted by molar-refractivity contribution is -0.137. The smallest absolute Gasteiger partial charge is 0.323 e. The van der Waals surface area contributed by atoms with Gasteiger partial charge in [0.15, 0.2) is 0 Å². The molecule has 3 heterocycles. The van der Waals surface area contributed by atoms with Crippen LogP contribution in [0.15, 0.2) is 89.7 Å². The van der Waals surface area contributed by atoms with Crippen molar-refractivity contribution >= 4 is 38.5 Å². The summed E-state index contributed by atoms with van der Waals surface area (Å²) in [5, 5.41) is 17.6.